The van der Waals surface area contributed by atoms with Gasteiger partial charge in [-0.05, 0) is 73.1 Å². The number of carbonyl (C=O) groups excluding carboxylic acids is 1. The van der Waals surface area contributed by atoms with Crippen molar-refractivity contribution >= 4 is 16.8 Å². The molecule has 0 aliphatic carbocycles. The third kappa shape index (κ3) is 4.85. The predicted molar refractivity (Wildman–Crippen MR) is 134 cm³/mol. The minimum Gasteiger partial charge on any atom is -0.347 e. The first kappa shape index (κ1) is 21.4. The Bertz CT molecular complexity index is 1240. The van der Waals surface area contributed by atoms with Gasteiger partial charge in [-0.3, -0.25) is 9.78 Å². The number of aromatic nitrogens is 2. The molecule has 1 aliphatic rings. The third-order valence-corrected chi connectivity index (χ3v) is 7.01. The van der Waals surface area contributed by atoms with Gasteiger partial charge in [0.25, 0.3) is 0 Å². The summed E-state index contributed by atoms with van der Waals surface area (Å²) in [6.45, 7) is 4.90. The van der Waals surface area contributed by atoms with Crippen molar-refractivity contribution in [1.29, 1.82) is 0 Å². The molecule has 2 aromatic carbocycles. The molecule has 3 heterocycles. The van der Waals surface area contributed by atoms with E-state index in [1.54, 1.807) is 0 Å². The number of pyridine rings is 1. The molecule has 1 saturated heterocycles. The van der Waals surface area contributed by atoms with Crippen LogP contribution >= 0.6 is 0 Å². The predicted octanol–water partition coefficient (Wildman–Crippen LogP) is 5.88. The van der Waals surface area contributed by atoms with Gasteiger partial charge in [0, 0.05) is 61.1 Å². The summed E-state index contributed by atoms with van der Waals surface area (Å²) < 4.78 is 2.38. The van der Waals surface area contributed by atoms with Gasteiger partial charge in [0.15, 0.2) is 0 Å². The summed E-state index contributed by atoms with van der Waals surface area (Å²) >= 11 is 0. The number of hydrogen-bond donors (Lipinski definition) is 0. The molecule has 168 valence electrons. The largest absolute Gasteiger partial charge is 0.347 e. The fraction of sp³-hybridized carbons (Fsp3) is 0.310. The lowest BCUT2D eigenvalue weighted by molar-refractivity contribution is -0.132. The number of benzene rings is 2. The minimum absolute atomic E-state index is 0.293. The summed E-state index contributed by atoms with van der Waals surface area (Å²) in [4.78, 5) is 19.0. The van der Waals surface area contributed by atoms with E-state index >= 15 is 0 Å². The maximum atomic E-state index is 12.7. The fourth-order valence-corrected chi connectivity index (χ4v) is 4.99. The first-order chi connectivity index (χ1) is 16.2. The maximum Gasteiger partial charge on any atom is 0.222 e. The van der Waals surface area contributed by atoms with Crippen molar-refractivity contribution in [2.75, 3.05) is 13.1 Å². The molecule has 1 amide bonds. The van der Waals surface area contributed by atoms with E-state index in [9.17, 15) is 4.79 Å². The van der Waals surface area contributed by atoms with Gasteiger partial charge in [-0.15, -0.1) is 0 Å². The standard InChI is InChI=1S/C29H31N3O/c1-22-11-15-30-20-27(22)25-8-9-28-26(19-25)14-18-32(28)21-24-12-16-31(17-13-24)29(33)10-7-23-5-3-2-4-6-23/h2-6,8-9,11,14-15,18-20,24H,7,10,12-13,16-17,21H2,1H3. The van der Waals surface area contributed by atoms with Crippen LogP contribution in [0.25, 0.3) is 22.0 Å². The van der Waals surface area contributed by atoms with Crippen LogP contribution in [0.2, 0.25) is 0 Å². The molecule has 5 rings (SSSR count). The molecule has 0 atom stereocenters. The summed E-state index contributed by atoms with van der Waals surface area (Å²) in [7, 11) is 0. The van der Waals surface area contributed by atoms with E-state index in [-0.39, 0.29) is 0 Å². The van der Waals surface area contributed by atoms with Crippen LogP contribution in [0, 0.1) is 12.8 Å². The zero-order chi connectivity index (χ0) is 22.6. The van der Waals surface area contributed by atoms with Crippen molar-refractivity contribution in [2.24, 2.45) is 5.92 Å². The highest BCUT2D eigenvalue weighted by molar-refractivity contribution is 5.86. The van der Waals surface area contributed by atoms with Gasteiger partial charge < -0.3 is 9.47 Å². The molecule has 0 spiro atoms. The normalized spacial score (nSPS) is 14.6. The van der Waals surface area contributed by atoms with E-state index in [4.69, 9.17) is 0 Å². The quantitative estimate of drug-likeness (QED) is 0.378. The van der Waals surface area contributed by atoms with Gasteiger partial charge in [-0.1, -0.05) is 36.4 Å². The van der Waals surface area contributed by atoms with Crippen molar-refractivity contribution in [1.82, 2.24) is 14.5 Å². The zero-order valence-corrected chi connectivity index (χ0v) is 19.3. The number of rotatable bonds is 6. The molecule has 0 radical (unpaired) electrons. The second-order valence-corrected chi connectivity index (χ2v) is 9.24. The molecule has 0 unspecified atom stereocenters. The molecular formula is C29H31N3O. The summed E-state index contributed by atoms with van der Waals surface area (Å²) in [5, 5.41) is 1.27. The summed E-state index contributed by atoms with van der Waals surface area (Å²) in [6.07, 6.45) is 9.58. The molecule has 1 aliphatic heterocycles. The fourth-order valence-electron chi connectivity index (χ4n) is 4.99. The van der Waals surface area contributed by atoms with Gasteiger partial charge in [0.2, 0.25) is 5.91 Å². The second kappa shape index (κ2) is 9.62. The Hall–Kier alpha value is -3.40. The number of piperidine rings is 1. The monoisotopic (exact) mass is 437 g/mol. The SMILES string of the molecule is Cc1ccncc1-c1ccc2c(ccn2CC2CCN(C(=O)CCc3ccccc3)CC2)c1. The van der Waals surface area contributed by atoms with E-state index in [1.807, 2.05) is 30.6 Å². The Morgan fingerprint density at radius 2 is 1.85 bits per heavy atom. The smallest absolute Gasteiger partial charge is 0.222 e. The van der Waals surface area contributed by atoms with Gasteiger partial charge in [-0.25, -0.2) is 0 Å². The zero-order valence-electron chi connectivity index (χ0n) is 19.3. The summed E-state index contributed by atoms with van der Waals surface area (Å²) in [5.41, 5.74) is 6.17. The average molecular weight is 438 g/mol. The molecule has 2 aromatic heterocycles. The van der Waals surface area contributed by atoms with Crippen LogP contribution in [0.4, 0.5) is 0 Å². The van der Waals surface area contributed by atoms with Crippen molar-refractivity contribution < 1.29 is 4.79 Å². The van der Waals surface area contributed by atoms with Crippen molar-refractivity contribution in [2.45, 2.75) is 39.2 Å². The van der Waals surface area contributed by atoms with Crippen LogP contribution in [0.5, 0.6) is 0 Å². The van der Waals surface area contributed by atoms with E-state index in [2.05, 4.69) is 70.0 Å². The lowest BCUT2D eigenvalue weighted by Crippen LogP contribution is -2.39. The molecule has 1 fully saturated rings. The number of hydrogen-bond acceptors (Lipinski definition) is 2. The van der Waals surface area contributed by atoms with E-state index in [0.29, 0.717) is 18.2 Å². The van der Waals surface area contributed by atoms with Gasteiger partial charge in [-0.2, -0.15) is 0 Å². The third-order valence-electron chi connectivity index (χ3n) is 7.01. The van der Waals surface area contributed by atoms with Gasteiger partial charge in [0.1, 0.15) is 0 Å². The summed E-state index contributed by atoms with van der Waals surface area (Å²) in [6, 6.07) is 21.3. The van der Waals surface area contributed by atoms with E-state index in [0.717, 1.165) is 38.9 Å². The first-order valence-corrected chi connectivity index (χ1v) is 12.0. The Balaban J connectivity index is 1.18. The van der Waals surface area contributed by atoms with Crippen LogP contribution in [0.3, 0.4) is 0 Å². The maximum absolute atomic E-state index is 12.7. The number of aryl methyl sites for hydroxylation is 2. The molecular weight excluding hydrogens is 406 g/mol. The number of likely N-dealkylation sites (tertiary alicyclic amines) is 1. The highest BCUT2D eigenvalue weighted by atomic mass is 16.2. The van der Waals surface area contributed by atoms with Crippen LogP contribution in [0.15, 0.2) is 79.3 Å². The van der Waals surface area contributed by atoms with E-state index < -0.39 is 0 Å². The lowest BCUT2D eigenvalue weighted by Gasteiger charge is -2.32. The van der Waals surface area contributed by atoms with Crippen LogP contribution in [0.1, 0.15) is 30.4 Å². The molecule has 33 heavy (non-hydrogen) atoms. The van der Waals surface area contributed by atoms with Crippen molar-refractivity contribution in [3.8, 4) is 11.1 Å². The Labute approximate surface area is 195 Å². The van der Waals surface area contributed by atoms with Crippen molar-refractivity contribution in [3.05, 3.63) is 90.4 Å². The molecule has 4 nitrogen and oxygen atoms in total. The number of fused-ring (bicyclic) bond motifs is 1. The number of amides is 1. The Morgan fingerprint density at radius 3 is 2.64 bits per heavy atom. The van der Waals surface area contributed by atoms with Gasteiger partial charge >= 0.3 is 0 Å². The van der Waals surface area contributed by atoms with Crippen LogP contribution in [-0.2, 0) is 17.8 Å². The van der Waals surface area contributed by atoms with E-state index in [1.165, 1.54) is 33.2 Å². The molecule has 4 heteroatoms. The topological polar surface area (TPSA) is 38.1 Å². The number of nitrogens with zero attached hydrogens (tertiary/aromatic N) is 3. The van der Waals surface area contributed by atoms with Crippen LogP contribution < -0.4 is 0 Å². The van der Waals surface area contributed by atoms with Gasteiger partial charge in [0.05, 0.1) is 0 Å². The molecule has 0 N–H and O–H groups in total. The van der Waals surface area contributed by atoms with Crippen LogP contribution in [-0.4, -0.2) is 33.4 Å². The molecule has 4 aromatic rings. The highest BCUT2D eigenvalue weighted by Gasteiger charge is 2.23. The molecule has 0 saturated carbocycles. The average Bonchev–Trinajstić information content (AvgIpc) is 3.26. The minimum atomic E-state index is 0.293. The lowest BCUT2D eigenvalue weighted by atomic mass is 9.96. The highest BCUT2D eigenvalue weighted by Crippen LogP contribution is 2.28. The number of carbonyl (C=O) groups is 1. The molecule has 0 bridgehead atoms. The first-order valence-electron chi connectivity index (χ1n) is 12.0. The Kier molecular flexibility index (Phi) is 6.25. The summed E-state index contributed by atoms with van der Waals surface area (Å²) in [5.74, 6) is 0.904. The second-order valence-electron chi connectivity index (χ2n) is 9.24. The van der Waals surface area contributed by atoms with Crippen molar-refractivity contribution in [3.63, 3.8) is 0 Å². The Morgan fingerprint density at radius 1 is 1.03 bits per heavy atom.